The summed E-state index contributed by atoms with van der Waals surface area (Å²) in [6.45, 7) is 3.94. The smallest absolute Gasteiger partial charge is 0.329 e. The van der Waals surface area contributed by atoms with Crippen molar-refractivity contribution in [1.29, 1.82) is 0 Å². The van der Waals surface area contributed by atoms with E-state index in [9.17, 15) is 9.59 Å². The van der Waals surface area contributed by atoms with Gasteiger partial charge >= 0.3 is 11.8 Å². The van der Waals surface area contributed by atoms with Crippen molar-refractivity contribution in [3.63, 3.8) is 0 Å². The molecule has 0 aliphatic rings. The summed E-state index contributed by atoms with van der Waals surface area (Å²) >= 11 is 3.29. The normalized spacial score (nSPS) is 10.3. The third-order valence-corrected chi connectivity index (χ3v) is 3.71. The number of hydrazone groups is 1. The molecular weight excluding hydrogens is 414 g/mol. The second-order valence-corrected chi connectivity index (χ2v) is 6.09. The highest BCUT2D eigenvalue weighted by Gasteiger charge is 2.13. The van der Waals surface area contributed by atoms with Gasteiger partial charge in [-0.1, -0.05) is 34.7 Å². The number of anilines is 1. The third-order valence-electron chi connectivity index (χ3n) is 3.21. The van der Waals surface area contributed by atoms with Crippen molar-refractivity contribution in [2.45, 2.75) is 0 Å². The fourth-order valence-electron chi connectivity index (χ4n) is 2.00. The highest BCUT2D eigenvalue weighted by atomic mass is 79.9. The molecule has 0 heterocycles. The number of methoxy groups -OCH3 is 1. The van der Waals surface area contributed by atoms with E-state index in [0.717, 1.165) is 4.47 Å². The number of carbonyl (C=O) groups is 2. The highest BCUT2D eigenvalue weighted by molar-refractivity contribution is 9.10. The van der Waals surface area contributed by atoms with Gasteiger partial charge < -0.3 is 14.8 Å². The molecule has 0 atom stereocenters. The molecule has 0 aromatic heterocycles. The molecule has 0 unspecified atom stereocenters. The molecule has 2 amide bonds. The van der Waals surface area contributed by atoms with Gasteiger partial charge in [-0.3, -0.25) is 9.59 Å². The van der Waals surface area contributed by atoms with Gasteiger partial charge in [0.25, 0.3) is 0 Å². The van der Waals surface area contributed by atoms with Crippen molar-refractivity contribution in [2.24, 2.45) is 5.10 Å². The Balaban J connectivity index is 1.94. The second-order valence-electron chi connectivity index (χ2n) is 5.17. The molecule has 2 aromatic rings. The molecule has 0 fully saturated rings. The summed E-state index contributed by atoms with van der Waals surface area (Å²) in [5, 5.41) is 6.26. The molecule has 0 saturated heterocycles. The van der Waals surface area contributed by atoms with E-state index in [2.05, 4.69) is 38.4 Å². The Kier molecular flexibility index (Phi) is 7.57. The Hall–Kier alpha value is -3.13. The summed E-state index contributed by atoms with van der Waals surface area (Å²) in [7, 11) is 1.52. The van der Waals surface area contributed by atoms with Gasteiger partial charge in [0.15, 0.2) is 11.5 Å². The first-order chi connectivity index (χ1) is 13.0. The van der Waals surface area contributed by atoms with E-state index in [-0.39, 0.29) is 0 Å². The van der Waals surface area contributed by atoms with Gasteiger partial charge in [-0.2, -0.15) is 5.10 Å². The lowest BCUT2D eigenvalue weighted by atomic mass is 10.2. The number of hydrogen-bond acceptors (Lipinski definition) is 5. The molecule has 140 valence electrons. The van der Waals surface area contributed by atoms with E-state index >= 15 is 0 Å². The van der Waals surface area contributed by atoms with Crippen LogP contribution in [0.1, 0.15) is 5.56 Å². The summed E-state index contributed by atoms with van der Waals surface area (Å²) in [6, 6.07) is 12.0. The fraction of sp³-hybridized carbons (Fsp3) is 0.105. The standard InChI is InChI=1S/C19H18BrN3O4/c1-3-9-27-16-8-7-13(10-17(16)26-2)12-21-23-19(25)18(24)22-15-6-4-5-14(20)11-15/h3-8,10-12H,1,9H2,2H3,(H,22,24)(H,23,25)/b21-12+. The number of hydrogen-bond donors (Lipinski definition) is 2. The first-order valence-electron chi connectivity index (χ1n) is 7.85. The van der Waals surface area contributed by atoms with Crippen LogP contribution in [0, 0.1) is 0 Å². The molecule has 0 saturated carbocycles. The van der Waals surface area contributed by atoms with Crippen molar-refractivity contribution in [3.05, 3.63) is 65.2 Å². The number of rotatable bonds is 7. The van der Waals surface area contributed by atoms with Gasteiger partial charge in [0.05, 0.1) is 13.3 Å². The maximum Gasteiger partial charge on any atom is 0.329 e. The van der Waals surface area contributed by atoms with Crippen molar-refractivity contribution in [2.75, 3.05) is 19.0 Å². The van der Waals surface area contributed by atoms with Gasteiger partial charge in [-0.05, 0) is 42.0 Å². The van der Waals surface area contributed by atoms with Gasteiger partial charge in [-0.25, -0.2) is 5.43 Å². The van der Waals surface area contributed by atoms with Crippen LogP contribution in [0.25, 0.3) is 0 Å². The molecule has 7 nitrogen and oxygen atoms in total. The largest absolute Gasteiger partial charge is 0.493 e. The lowest BCUT2D eigenvalue weighted by Crippen LogP contribution is -2.32. The molecule has 2 rings (SSSR count). The molecule has 2 N–H and O–H groups in total. The average molecular weight is 432 g/mol. The number of halogens is 1. The molecule has 0 spiro atoms. The first kappa shape index (κ1) is 20.2. The number of carbonyl (C=O) groups excluding carboxylic acids is 2. The molecule has 8 heteroatoms. The zero-order valence-electron chi connectivity index (χ0n) is 14.6. The van der Waals surface area contributed by atoms with Crippen LogP contribution in [0.2, 0.25) is 0 Å². The highest BCUT2D eigenvalue weighted by Crippen LogP contribution is 2.27. The van der Waals surface area contributed by atoms with Crippen molar-refractivity contribution in [1.82, 2.24) is 5.43 Å². The monoisotopic (exact) mass is 431 g/mol. The Morgan fingerprint density at radius 2 is 2.00 bits per heavy atom. The first-order valence-corrected chi connectivity index (χ1v) is 8.64. The molecule has 27 heavy (non-hydrogen) atoms. The third kappa shape index (κ3) is 6.27. The predicted molar refractivity (Wildman–Crippen MR) is 107 cm³/mol. The minimum Gasteiger partial charge on any atom is -0.493 e. The molecule has 0 bridgehead atoms. The van der Waals surface area contributed by atoms with E-state index in [4.69, 9.17) is 9.47 Å². The lowest BCUT2D eigenvalue weighted by molar-refractivity contribution is -0.136. The quantitative estimate of drug-likeness (QED) is 0.305. The number of nitrogens with zero attached hydrogens (tertiary/aromatic N) is 1. The van der Waals surface area contributed by atoms with E-state index in [0.29, 0.717) is 29.4 Å². The predicted octanol–water partition coefficient (Wildman–Crippen LogP) is 3.11. The Morgan fingerprint density at radius 3 is 2.70 bits per heavy atom. The molecule has 0 aliphatic carbocycles. The maximum atomic E-state index is 11.9. The minimum absolute atomic E-state index is 0.354. The Morgan fingerprint density at radius 1 is 1.19 bits per heavy atom. The van der Waals surface area contributed by atoms with E-state index in [1.165, 1.54) is 13.3 Å². The summed E-state index contributed by atoms with van der Waals surface area (Å²) in [5.41, 5.74) is 3.33. The van der Waals surface area contributed by atoms with Crippen molar-refractivity contribution < 1.29 is 19.1 Å². The van der Waals surface area contributed by atoms with Gasteiger partial charge in [0.2, 0.25) is 0 Å². The number of nitrogens with one attached hydrogen (secondary N) is 2. The zero-order valence-corrected chi connectivity index (χ0v) is 16.2. The Bertz CT molecular complexity index is 868. The van der Waals surface area contributed by atoms with E-state index in [1.54, 1.807) is 42.5 Å². The zero-order chi connectivity index (χ0) is 19.6. The average Bonchev–Trinajstić information content (AvgIpc) is 2.66. The lowest BCUT2D eigenvalue weighted by Gasteiger charge is -2.09. The fourth-order valence-corrected chi connectivity index (χ4v) is 2.40. The molecule has 0 aliphatic heterocycles. The summed E-state index contributed by atoms with van der Waals surface area (Å²) in [5.74, 6) is -0.633. The maximum absolute atomic E-state index is 11.9. The van der Waals surface area contributed by atoms with Gasteiger partial charge in [0.1, 0.15) is 6.61 Å². The van der Waals surface area contributed by atoms with E-state index in [1.807, 2.05) is 6.07 Å². The van der Waals surface area contributed by atoms with Crippen LogP contribution >= 0.6 is 15.9 Å². The number of benzene rings is 2. The number of amides is 2. The SMILES string of the molecule is C=CCOc1ccc(/C=N/NC(=O)C(=O)Nc2cccc(Br)c2)cc1OC. The van der Waals surface area contributed by atoms with Crippen LogP contribution in [-0.4, -0.2) is 31.7 Å². The minimum atomic E-state index is -0.885. The van der Waals surface area contributed by atoms with Crippen LogP contribution in [0.4, 0.5) is 5.69 Å². The van der Waals surface area contributed by atoms with E-state index < -0.39 is 11.8 Å². The summed E-state index contributed by atoms with van der Waals surface area (Å²) in [6.07, 6.45) is 3.02. The van der Waals surface area contributed by atoms with Crippen LogP contribution in [0.3, 0.4) is 0 Å². The second kappa shape index (κ2) is 10.1. The molecule has 2 aromatic carbocycles. The molecular formula is C19H18BrN3O4. The summed E-state index contributed by atoms with van der Waals surface area (Å²) < 4.78 is 11.5. The van der Waals surface area contributed by atoms with Crippen LogP contribution in [0.15, 0.2) is 64.7 Å². The topological polar surface area (TPSA) is 89.0 Å². The van der Waals surface area contributed by atoms with Crippen molar-refractivity contribution >= 4 is 39.6 Å². The van der Waals surface area contributed by atoms with Crippen LogP contribution in [-0.2, 0) is 9.59 Å². The van der Waals surface area contributed by atoms with Gasteiger partial charge in [-0.15, -0.1) is 0 Å². The summed E-state index contributed by atoms with van der Waals surface area (Å²) in [4.78, 5) is 23.7. The number of ether oxygens (including phenoxy) is 2. The van der Waals surface area contributed by atoms with Crippen LogP contribution in [0.5, 0.6) is 11.5 Å². The van der Waals surface area contributed by atoms with Crippen LogP contribution < -0.4 is 20.2 Å². The molecule has 0 radical (unpaired) electrons. The Labute approximate surface area is 165 Å². The van der Waals surface area contributed by atoms with Gasteiger partial charge in [0, 0.05) is 10.2 Å². The van der Waals surface area contributed by atoms with Crippen molar-refractivity contribution in [3.8, 4) is 11.5 Å².